The van der Waals surface area contributed by atoms with Crippen LogP contribution in [0.5, 0.6) is 0 Å². The Morgan fingerprint density at radius 3 is 2.91 bits per heavy atom. The fraction of sp³-hybridized carbons (Fsp3) is 0.467. The van der Waals surface area contributed by atoms with E-state index in [-0.39, 0.29) is 17.9 Å². The van der Waals surface area contributed by atoms with Gasteiger partial charge in [0.25, 0.3) is 5.91 Å². The molecule has 23 heavy (non-hydrogen) atoms. The first-order valence-electron chi connectivity index (χ1n) is 7.60. The van der Waals surface area contributed by atoms with Crippen molar-refractivity contribution in [2.45, 2.75) is 25.8 Å². The van der Waals surface area contributed by atoms with Gasteiger partial charge in [-0.15, -0.1) is 0 Å². The van der Waals surface area contributed by atoms with E-state index in [4.69, 9.17) is 5.73 Å². The van der Waals surface area contributed by atoms with Crippen LogP contribution >= 0.6 is 0 Å². The van der Waals surface area contributed by atoms with E-state index in [1.807, 2.05) is 13.0 Å². The maximum atomic E-state index is 12.3. The molecule has 3 heterocycles. The highest BCUT2D eigenvalue weighted by atomic mass is 16.2. The number of anilines is 2. The maximum absolute atomic E-state index is 12.3. The Morgan fingerprint density at radius 1 is 1.43 bits per heavy atom. The Hall–Kier alpha value is -2.64. The smallest absolute Gasteiger partial charge is 0.256 e. The molecule has 3 N–H and O–H groups in total. The molecule has 0 radical (unpaired) electrons. The van der Waals surface area contributed by atoms with E-state index >= 15 is 0 Å². The van der Waals surface area contributed by atoms with Gasteiger partial charge < -0.3 is 15.5 Å². The van der Waals surface area contributed by atoms with Crippen LogP contribution in [0.2, 0.25) is 0 Å². The van der Waals surface area contributed by atoms with Gasteiger partial charge in [-0.1, -0.05) is 0 Å². The lowest BCUT2D eigenvalue weighted by molar-refractivity contribution is 0.0826. The van der Waals surface area contributed by atoms with Gasteiger partial charge in [-0.2, -0.15) is 10.1 Å². The largest absolute Gasteiger partial charge is 0.368 e. The molecule has 0 aliphatic carbocycles. The molecule has 0 spiro atoms. The van der Waals surface area contributed by atoms with Crippen LogP contribution < -0.4 is 10.6 Å². The number of aromatic amines is 1. The van der Waals surface area contributed by atoms with Crippen LogP contribution in [-0.4, -0.2) is 51.6 Å². The summed E-state index contributed by atoms with van der Waals surface area (Å²) in [6.07, 6.45) is 3.54. The molecule has 1 amide bonds. The molecule has 8 heteroatoms. The monoisotopic (exact) mass is 315 g/mol. The topological polar surface area (TPSA) is 104 Å². The predicted molar refractivity (Wildman–Crippen MR) is 87.1 cm³/mol. The number of nitrogens with one attached hydrogen (secondary N) is 1. The molecule has 1 unspecified atom stereocenters. The van der Waals surface area contributed by atoms with Crippen molar-refractivity contribution in [3.05, 3.63) is 29.2 Å². The van der Waals surface area contributed by atoms with Gasteiger partial charge in [0.15, 0.2) is 0 Å². The number of H-pyrrole nitrogens is 1. The summed E-state index contributed by atoms with van der Waals surface area (Å²) in [5.74, 6) is 0.995. The molecule has 1 aliphatic rings. The molecule has 8 nitrogen and oxygen atoms in total. The van der Waals surface area contributed by atoms with Gasteiger partial charge in [-0.25, -0.2) is 4.98 Å². The van der Waals surface area contributed by atoms with Gasteiger partial charge in [0.1, 0.15) is 5.82 Å². The van der Waals surface area contributed by atoms with Crippen molar-refractivity contribution in [1.29, 1.82) is 0 Å². The summed E-state index contributed by atoms with van der Waals surface area (Å²) in [5, 5.41) is 7.08. The second-order valence-corrected chi connectivity index (χ2v) is 5.97. The Morgan fingerprint density at radius 2 is 2.22 bits per heavy atom. The van der Waals surface area contributed by atoms with Gasteiger partial charge in [0.05, 0.1) is 23.5 Å². The molecule has 0 aromatic carbocycles. The number of nitrogens with two attached hydrogens (primary N) is 1. The third-order valence-electron chi connectivity index (χ3n) is 4.04. The Balaban J connectivity index is 1.97. The number of carbonyl (C=O) groups is 1. The maximum Gasteiger partial charge on any atom is 0.256 e. The number of aryl methyl sites for hydroxylation is 1. The highest BCUT2D eigenvalue weighted by molar-refractivity contribution is 5.95. The van der Waals surface area contributed by atoms with Crippen LogP contribution in [0.25, 0.3) is 0 Å². The molecule has 1 saturated heterocycles. The SMILES string of the molecule is Cc1cc(N2CCCC2c2[nH]ncc2C(=O)N(C)C)nc(N)n1. The van der Waals surface area contributed by atoms with E-state index < -0.39 is 0 Å². The van der Waals surface area contributed by atoms with E-state index in [9.17, 15) is 4.79 Å². The van der Waals surface area contributed by atoms with Crippen LogP contribution in [0.1, 0.15) is 40.6 Å². The molecule has 2 aromatic rings. The average Bonchev–Trinajstić information content (AvgIpc) is 3.13. The minimum absolute atomic E-state index is 0.0325. The standard InChI is InChI=1S/C15H21N7O/c1-9-7-12(19-15(16)18-9)22-6-4-5-11(22)13-10(8-17-20-13)14(23)21(2)3/h7-8,11H,4-6H2,1-3H3,(H,17,20)(H2,16,18,19). The summed E-state index contributed by atoms with van der Waals surface area (Å²) in [7, 11) is 3.47. The number of amides is 1. The van der Waals surface area contributed by atoms with Gasteiger partial charge in [0.2, 0.25) is 5.95 Å². The van der Waals surface area contributed by atoms with Gasteiger partial charge in [0, 0.05) is 32.4 Å². The number of carbonyl (C=O) groups excluding carboxylic acids is 1. The number of hydrogen-bond acceptors (Lipinski definition) is 6. The second kappa shape index (κ2) is 5.86. The first kappa shape index (κ1) is 15.3. The van der Waals surface area contributed by atoms with Crippen molar-refractivity contribution in [2.75, 3.05) is 31.3 Å². The predicted octanol–water partition coefficient (Wildman–Crippen LogP) is 1.13. The van der Waals surface area contributed by atoms with Gasteiger partial charge >= 0.3 is 0 Å². The summed E-state index contributed by atoms with van der Waals surface area (Å²) in [4.78, 5) is 24.5. The van der Waals surface area contributed by atoms with Crippen molar-refractivity contribution >= 4 is 17.7 Å². The number of nitrogen functional groups attached to an aromatic ring is 1. The molecule has 1 atom stereocenters. The summed E-state index contributed by atoms with van der Waals surface area (Å²) >= 11 is 0. The molecule has 0 bridgehead atoms. The molecule has 122 valence electrons. The zero-order valence-corrected chi connectivity index (χ0v) is 13.6. The van der Waals surface area contributed by atoms with E-state index in [1.54, 1.807) is 25.2 Å². The van der Waals surface area contributed by atoms with Crippen LogP contribution in [0, 0.1) is 6.92 Å². The minimum Gasteiger partial charge on any atom is -0.368 e. The van der Waals surface area contributed by atoms with Gasteiger partial charge in [-0.3, -0.25) is 9.89 Å². The van der Waals surface area contributed by atoms with Crippen molar-refractivity contribution in [3.8, 4) is 0 Å². The zero-order valence-electron chi connectivity index (χ0n) is 13.6. The fourth-order valence-electron chi connectivity index (χ4n) is 3.02. The van der Waals surface area contributed by atoms with E-state index in [1.165, 1.54) is 0 Å². The van der Waals surface area contributed by atoms with Gasteiger partial charge in [-0.05, 0) is 19.8 Å². The van der Waals surface area contributed by atoms with Crippen LogP contribution in [0.3, 0.4) is 0 Å². The van der Waals surface area contributed by atoms with Crippen LogP contribution in [0.15, 0.2) is 12.3 Å². The fourth-order valence-corrected chi connectivity index (χ4v) is 3.02. The highest BCUT2D eigenvalue weighted by Gasteiger charge is 2.32. The summed E-state index contributed by atoms with van der Waals surface area (Å²) in [6, 6.07) is 1.95. The Bertz CT molecular complexity index is 704. The first-order chi connectivity index (χ1) is 11.0. The normalized spacial score (nSPS) is 17.5. The lowest BCUT2D eigenvalue weighted by Gasteiger charge is -2.26. The average molecular weight is 315 g/mol. The molecule has 3 rings (SSSR count). The molecular formula is C15H21N7O. The third kappa shape index (κ3) is 2.84. The van der Waals surface area contributed by atoms with Crippen molar-refractivity contribution in [1.82, 2.24) is 25.1 Å². The quantitative estimate of drug-likeness (QED) is 0.880. The third-order valence-corrected chi connectivity index (χ3v) is 4.04. The number of aromatic nitrogens is 4. The Kier molecular flexibility index (Phi) is 3.89. The number of rotatable bonds is 3. The number of nitrogens with zero attached hydrogens (tertiary/aromatic N) is 5. The number of hydrogen-bond donors (Lipinski definition) is 2. The summed E-state index contributed by atoms with van der Waals surface area (Å²) < 4.78 is 0. The van der Waals surface area contributed by atoms with Crippen LogP contribution in [0.4, 0.5) is 11.8 Å². The van der Waals surface area contributed by atoms with Crippen LogP contribution in [-0.2, 0) is 0 Å². The lowest BCUT2D eigenvalue weighted by Crippen LogP contribution is -2.28. The molecule has 2 aromatic heterocycles. The second-order valence-electron chi connectivity index (χ2n) is 5.97. The molecule has 1 fully saturated rings. The summed E-state index contributed by atoms with van der Waals surface area (Å²) in [5.41, 5.74) is 8.04. The molecule has 0 saturated carbocycles. The highest BCUT2D eigenvalue weighted by Crippen LogP contribution is 2.36. The molecular weight excluding hydrogens is 294 g/mol. The van der Waals surface area contributed by atoms with E-state index in [0.29, 0.717) is 5.56 Å². The zero-order chi connectivity index (χ0) is 16.6. The van der Waals surface area contributed by atoms with Crippen molar-refractivity contribution in [3.63, 3.8) is 0 Å². The Labute approximate surface area is 134 Å². The first-order valence-corrected chi connectivity index (χ1v) is 7.60. The molecule has 1 aliphatic heterocycles. The van der Waals surface area contributed by atoms with E-state index in [0.717, 1.165) is 36.6 Å². The van der Waals surface area contributed by atoms with Crippen molar-refractivity contribution in [2.24, 2.45) is 0 Å². The minimum atomic E-state index is -0.0565. The summed E-state index contributed by atoms with van der Waals surface area (Å²) in [6.45, 7) is 2.75. The van der Waals surface area contributed by atoms with E-state index in [2.05, 4.69) is 25.1 Å². The van der Waals surface area contributed by atoms with Crippen molar-refractivity contribution < 1.29 is 4.79 Å². The lowest BCUT2D eigenvalue weighted by atomic mass is 10.1.